The van der Waals surface area contributed by atoms with Crippen LogP contribution in [0.3, 0.4) is 0 Å². The molecule has 1 aliphatic carbocycles. The Balaban J connectivity index is 1.30. The van der Waals surface area contributed by atoms with Crippen molar-refractivity contribution >= 4 is 56.6 Å². The highest BCUT2D eigenvalue weighted by Crippen LogP contribution is 2.50. The van der Waals surface area contributed by atoms with Gasteiger partial charge in [0.2, 0.25) is 0 Å². The van der Waals surface area contributed by atoms with Crippen LogP contribution in [0.5, 0.6) is 0 Å². The second-order valence-electron chi connectivity index (χ2n) is 18.8. The quantitative estimate of drug-likeness (QED) is 0.164. The molecule has 3 aliphatic rings. The first-order valence-electron chi connectivity index (χ1n) is 21.0. The molecule has 0 spiro atoms. The van der Waals surface area contributed by atoms with Crippen molar-refractivity contribution in [2.75, 3.05) is 4.90 Å². The predicted octanol–water partition coefficient (Wildman–Crippen LogP) is 13.0. The van der Waals surface area contributed by atoms with Crippen LogP contribution in [-0.4, -0.2) is 11.3 Å². The van der Waals surface area contributed by atoms with Gasteiger partial charge in [0, 0.05) is 44.4 Å². The molecule has 0 unspecified atom stereocenters. The normalized spacial score (nSPS) is 14.5. The van der Waals surface area contributed by atoms with Gasteiger partial charge in [-0.15, -0.1) is 0 Å². The van der Waals surface area contributed by atoms with E-state index in [1.165, 1.54) is 113 Å². The van der Waals surface area contributed by atoms with Gasteiger partial charge in [0.25, 0.3) is 0 Å². The molecule has 7 aromatic carbocycles. The largest absolute Gasteiger partial charge is 0.375 e. The summed E-state index contributed by atoms with van der Waals surface area (Å²) in [6.07, 6.45) is 4.71. The lowest BCUT2D eigenvalue weighted by Gasteiger charge is -2.43. The van der Waals surface area contributed by atoms with E-state index in [2.05, 4.69) is 190 Å². The van der Waals surface area contributed by atoms with Crippen molar-refractivity contribution in [1.82, 2.24) is 4.48 Å². The zero-order chi connectivity index (χ0) is 38.8. The third-order valence-electron chi connectivity index (χ3n) is 13.2. The molecule has 57 heavy (non-hydrogen) atoms. The molecule has 0 atom stereocenters. The summed E-state index contributed by atoms with van der Waals surface area (Å²) in [4.78, 5) is 2.61. The maximum atomic E-state index is 2.75. The number of aromatic nitrogens is 1. The van der Waals surface area contributed by atoms with E-state index >= 15 is 0 Å². The average Bonchev–Trinajstić information content (AvgIpc) is 3.55. The van der Waals surface area contributed by atoms with Crippen molar-refractivity contribution in [1.29, 1.82) is 0 Å². The molecular formula is C54H49BN2. The number of fused-ring (bicyclic) bond motifs is 9. The van der Waals surface area contributed by atoms with E-state index in [0.717, 1.165) is 12.8 Å². The molecule has 0 bridgehead atoms. The van der Waals surface area contributed by atoms with Gasteiger partial charge < -0.3 is 9.38 Å². The number of aryl methyl sites for hydroxylation is 1. The molecule has 0 saturated heterocycles. The molecule has 3 heterocycles. The molecule has 2 nitrogen and oxygen atoms in total. The average molecular weight is 737 g/mol. The van der Waals surface area contributed by atoms with Crippen molar-refractivity contribution in [2.24, 2.45) is 0 Å². The molecule has 1 aromatic heterocycles. The van der Waals surface area contributed by atoms with Gasteiger partial charge in [-0.05, 0) is 146 Å². The Labute approximate surface area is 337 Å². The van der Waals surface area contributed by atoms with Gasteiger partial charge in [0.15, 0.2) is 0 Å². The predicted molar refractivity (Wildman–Crippen MR) is 245 cm³/mol. The molecule has 11 rings (SSSR count). The number of hydrogen-bond donors (Lipinski definition) is 0. The van der Waals surface area contributed by atoms with E-state index in [1.807, 2.05) is 0 Å². The minimum Gasteiger partial charge on any atom is -0.375 e. The highest BCUT2D eigenvalue weighted by molar-refractivity contribution is 6.90. The highest BCUT2D eigenvalue weighted by Gasteiger charge is 2.45. The van der Waals surface area contributed by atoms with Crippen LogP contribution in [0.1, 0.15) is 76.6 Å². The second-order valence-corrected chi connectivity index (χ2v) is 18.8. The molecule has 0 saturated carbocycles. The number of rotatable bonds is 3. The van der Waals surface area contributed by atoms with Crippen LogP contribution in [0.25, 0.3) is 55.2 Å². The summed E-state index contributed by atoms with van der Waals surface area (Å²) < 4.78 is 2.75. The Bertz CT molecular complexity index is 2900. The maximum absolute atomic E-state index is 2.75. The van der Waals surface area contributed by atoms with Crippen molar-refractivity contribution in [3.63, 3.8) is 0 Å². The number of nitrogens with zero attached hydrogens (tertiary/aromatic N) is 2. The van der Waals surface area contributed by atoms with E-state index in [9.17, 15) is 0 Å². The minimum atomic E-state index is 0.00297. The Morgan fingerprint density at radius 3 is 1.88 bits per heavy atom. The van der Waals surface area contributed by atoms with E-state index in [0.29, 0.717) is 0 Å². The van der Waals surface area contributed by atoms with Crippen LogP contribution in [0, 0.1) is 0 Å². The monoisotopic (exact) mass is 736 g/mol. The van der Waals surface area contributed by atoms with Gasteiger partial charge in [0.1, 0.15) is 0 Å². The molecule has 2 aliphatic heterocycles. The van der Waals surface area contributed by atoms with Crippen molar-refractivity contribution < 1.29 is 0 Å². The first-order chi connectivity index (χ1) is 27.5. The third-order valence-corrected chi connectivity index (χ3v) is 13.2. The van der Waals surface area contributed by atoms with Crippen LogP contribution in [0.4, 0.5) is 17.1 Å². The topological polar surface area (TPSA) is 8.17 Å². The van der Waals surface area contributed by atoms with Gasteiger partial charge in [-0.2, -0.15) is 0 Å². The van der Waals surface area contributed by atoms with E-state index in [4.69, 9.17) is 0 Å². The Morgan fingerprint density at radius 2 is 1.18 bits per heavy atom. The van der Waals surface area contributed by atoms with Crippen LogP contribution >= 0.6 is 0 Å². The standard InChI is InChI=1S/C54H49BN2/c1-53(2,3)39-22-25-41(26-23-39)56-48-28-24-40(54(4,5)6)33-46(48)55-51-49(56)32-37-19-13-14-20-42(37)50(51)45-31-38(35-17-11-8-12-18-35)30-44-43-29-36(34-15-9-7-10-16-34)21-27-47(43)57(55)52(44)45/h7-12,15-18,21-33H,13-14,19-20H2,1-6H3. The zero-order valence-corrected chi connectivity index (χ0v) is 34.1. The summed E-state index contributed by atoms with van der Waals surface area (Å²) in [6.45, 7) is 14.0. The van der Waals surface area contributed by atoms with E-state index in [1.54, 1.807) is 5.56 Å². The molecule has 0 radical (unpaired) electrons. The molecule has 0 fully saturated rings. The number of hydrogen-bond acceptors (Lipinski definition) is 1. The lowest BCUT2D eigenvalue weighted by atomic mass is 9.44. The Morgan fingerprint density at radius 1 is 0.526 bits per heavy atom. The Kier molecular flexibility index (Phi) is 7.47. The third kappa shape index (κ3) is 5.24. The lowest BCUT2D eigenvalue weighted by molar-refractivity contribution is 0.590. The summed E-state index contributed by atoms with van der Waals surface area (Å²) in [5.41, 5.74) is 23.2. The first-order valence-corrected chi connectivity index (χ1v) is 21.0. The van der Waals surface area contributed by atoms with Gasteiger partial charge in [-0.1, -0.05) is 133 Å². The summed E-state index contributed by atoms with van der Waals surface area (Å²) >= 11 is 0. The minimum absolute atomic E-state index is 0.00297. The molecular weight excluding hydrogens is 687 g/mol. The van der Waals surface area contributed by atoms with Crippen LogP contribution in [0.15, 0.2) is 140 Å². The van der Waals surface area contributed by atoms with Crippen molar-refractivity contribution in [3.05, 3.63) is 162 Å². The fourth-order valence-corrected chi connectivity index (χ4v) is 10.3. The lowest BCUT2D eigenvalue weighted by Crippen LogP contribution is -2.57. The fraction of sp³-hybridized carbons (Fsp3) is 0.222. The molecule has 0 N–H and O–H groups in total. The molecule has 3 heteroatoms. The number of anilines is 3. The smallest absolute Gasteiger partial charge is 0.333 e. The van der Waals surface area contributed by atoms with Gasteiger partial charge in [0.05, 0.1) is 0 Å². The van der Waals surface area contributed by atoms with Crippen LogP contribution < -0.4 is 15.8 Å². The maximum Gasteiger partial charge on any atom is 0.333 e. The van der Waals surface area contributed by atoms with Crippen LogP contribution in [-0.2, 0) is 23.7 Å². The fourth-order valence-electron chi connectivity index (χ4n) is 10.3. The van der Waals surface area contributed by atoms with E-state index in [-0.39, 0.29) is 17.7 Å². The number of benzene rings is 7. The van der Waals surface area contributed by atoms with Gasteiger partial charge in [-0.25, -0.2) is 0 Å². The first kappa shape index (κ1) is 34.5. The zero-order valence-electron chi connectivity index (χ0n) is 34.1. The summed E-state index contributed by atoms with van der Waals surface area (Å²) in [7, 11) is 0. The Hall–Kier alpha value is -5.80. The highest BCUT2D eigenvalue weighted by atomic mass is 15.2. The summed E-state index contributed by atoms with van der Waals surface area (Å²) in [6, 6.07) is 53.6. The van der Waals surface area contributed by atoms with E-state index < -0.39 is 0 Å². The SMILES string of the molecule is CC(C)(C)c1ccc(N2c3ccc(C(C)(C)C)cc3B3c4c2cc2c(c4-c4cc(-c5ccccc5)cc5c6cc(-c7ccccc7)ccc6n3c45)CCCC2)cc1. The molecule has 8 aromatic rings. The molecule has 0 amide bonds. The van der Waals surface area contributed by atoms with Gasteiger partial charge in [-0.3, -0.25) is 0 Å². The summed E-state index contributed by atoms with van der Waals surface area (Å²) in [5.74, 6) is 0. The second kappa shape index (κ2) is 12.4. The van der Waals surface area contributed by atoms with Crippen LogP contribution in [0.2, 0.25) is 0 Å². The summed E-state index contributed by atoms with van der Waals surface area (Å²) in [5, 5.41) is 2.66. The molecule has 278 valence electrons. The van der Waals surface area contributed by atoms with Crippen molar-refractivity contribution in [2.45, 2.75) is 78.1 Å². The van der Waals surface area contributed by atoms with Gasteiger partial charge >= 0.3 is 6.85 Å². The van der Waals surface area contributed by atoms with Crippen molar-refractivity contribution in [3.8, 4) is 33.4 Å².